The SMILES string of the molecule is C[C@H](NC(=O)[C@@H](NC(=O)[C@@H](N)CCCCN)[C@@H](O)[C@H](C)N)C(=O)NCC(=O)N[C@H](CCCN)C(=O)N1CCC[C@H]1C(=O)N[C@@H](Cc1cnc[nH]1)C(=O)N[C@@H](CCCCN)C(=O)N/C(=C\CCN=C(N)N)C(=O)O. The molecule has 1 aliphatic heterocycles. The molecule has 1 aromatic rings. The molecule has 9 atom stereocenters. The van der Waals surface area contributed by atoms with E-state index in [0.717, 1.165) is 0 Å². The van der Waals surface area contributed by atoms with Crippen LogP contribution in [0, 0.1) is 0 Å². The predicted octanol–water partition coefficient (Wildman–Crippen LogP) is -6.72. The lowest BCUT2D eigenvalue weighted by Crippen LogP contribution is -2.62. The monoisotopic (exact) mass is 1030 g/mol. The summed E-state index contributed by atoms with van der Waals surface area (Å²) in [6, 6.07) is -9.82. The lowest BCUT2D eigenvalue weighted by molar-refractivity contribution is -0.142. The highest BCUT2D eigenvalue weighted by Crippen LogP contribution is 2.20. The number of carboxylic acids is 1. The molecule has 1 fully saturated rings. The Labute approximate surface area is 423 Å². The molecule has 2 heterocycles. The fourth-order valence-corrected chi connectivity index (χ4v) is 7.47. The van der Waals surface area contributed by atoms with Gasteiger partial charge in [-0.05, 0) is 97.7 Å². The van der Waals surface area contributed by atoms with Crippen molar-refractivity contribution in [3.63, 3.8) is 0 Å². The molecule has 73 heavy (non-hydrogen) atoms. The molecule has 1 aliphatic rings. The van der Waals surface area contributed by atoms with Crippen LogP contribution in [0.4, 0.5) is 0 Å². The minimum Gasteiger partial charge on any atom is -0.477 e. The number of rotatable bonds is 34. The normalized spacial score (nSPS) is 16.7. The summed E-state index contributed by atoms with van der Waals surface area (Å²) in [5, 5.41) is 37.8. The Morgan fingerprint density at radius 2 is 1.47 bits per heavy atom. The van der Waals surface area contributed by atoms with Gasteiger partial charge in [0.1, 0.15) is 41.9 Å². The zero-order valence-electron chi connectivity index (χ0n) is 41.6. The van der Waals surface area contributed by atoms with E-state index in [-0.39, 0.29) is 77.1 Å². The highest BCUT2D eigenvalue weighted by atomic mass is 16.4. The fourth-order valence-electron chi connectivity index (χ4n) is 7.47. The maximum atomic E-state index is 14.2. The molecule has 410 valence electrons. The van der Waals surface area contributed by atoms with Gasteiger partial charge in [-0.25, -0.2) is 9.78 Å². The first-order valence-electron chi connectivity index (χ1n) is 24.3. The third-order valence-electron chi connectivity index (χ3n) is 11.6. The number of aromatic nitrogens is 2. The average molecular weight is 1040 g/mol. The number of aliphatic hydroxyl groups is 1. The van der Waals surface area contributed by atoms with Crippen LogP contribution < -0.4 is 77.4 Å². The zero-order chi connectivity index (χ0) is 54.6. The maximum absolute atomic E-state index is 14.2. The second kappa shape index (κ2) is 33.0. The number of nitrogens with two attached hydrogens (primary N) is 7. The van der Waals surface area contributed by atoms with Crippen molar-refractivity contribution in [2.24, 2.45) is 45.1 Å². The summed E-state index contributed by atoms with van der Waals surface area (Å²) in [5.41, 5.74) is 39.3. The Morgan fingerprint density at radius 3 is 2.07 bits per heavy atom. The zero-order valence-corrected chi connectivity index (χ0v) is 41.6. The Morgan fingerprint density at radius 1 is 0.808 bits per heavy atom. The lowest BCUT2D eigenvalue weighted by Gasteiger charge is -2.30. The Balaban J connectivity index is 2.21. The summed E-state index contributed by atoms with van der Waals surface area (Å²) in [6.07, 6.45) is 5.54. The van der Waals surface area contributed by atoms with Gasteiger partial charge in [0.25, 0.3) is 0 Å². The van der Waals surface area contributed by atoms with Gasteiger partial charge in [0.2, 0.25) is 47.3 Å². The van der Waals surface area contributed by atoms with Gasteiger partial charge < -0.3 is 97.5 Å². The number of aliphatic carboxylic acids is 1. The van der Waals surface area contributed by atoms with Gasteiger partial charge in [-0.15, -0.1) is 0 Å². The van der Waals surface area contributed by atoms with Crippen LogP contribution >= 0.6 is 0 Å². The molecule has 0 saturated carbocycles. The standard InChI is InChI=1S/C44H78N18O11/c1-24(48)35(64)34(61-37(66)27(49)10-3-5-15-45)41(70)56-25(2)36(65)54-22-33(63)57-29(12-7-17-47)42(71)62-19-9-14-32(62)40(69)60-31(20-26-21-52-23-55-26)39(68)58-28(11-4-6-16-46)38(67)59-30(43(72)73)13-8-18-53-44(50)51/h13,21,23-25,27-29,31-32,34-35,64H,3-12,14-20,22,45-49H2,1-2H3,(H,52,55)(H,54,65)(H,56,70)(H,57,63)(H,58,68)(H,59,67)(H,60,69)(H,61,66)(H,72,73)(H4,50,51,53)/b30-13-/t24-,25-,27-,28-,29+,31-,32-,34-,35-/m0/s1. The van der Waals surface area contributed by atoms with Crippen LogP contribution in [0.3, 0.4) is 0 Å². The first-order chi connectivity index (χ1) is 34.6. The topological polar surface area (TPSA) is 505 Å². The molecule has 2 rings (SSSR count). The van der Waals surface area contributed by atoms with Crippen molar-refractivity contribution in [2.45, 2.75) is 145 Å². The van der Waals surface area contributed by atoms with Gasteiger partial charge in [0, 0.05) is 37.4 Å². The van der Waals surface area contributed by atoms with Crippen molar-refractivity contribution in [1.82, 2.24) is 52.1 Å². The molecule has 1 saturated heterocycles. The predicted molar refractivity (Wildman–Crippen MR) is 266 cm³/mol. The van der Waals surface area contributed by atoms with E-state index >= 15 is 0 Å². The maximum Gasteiger partial charge on any atom is 0.352 e. The number of unbranched alkanes of at least 4 members (excludes halogenated alkanes) is 2. The van der Waals surface area contributed by atoms with Crippen molar-refractivity contribution in [3.05, 3.63) is 30.0 Å². The number of carbonyl (C=O) groups excluding carboxylic acids is 8. The highest BCUT2D eigenvalue weighted by Gasteiger charge is 2.40. The van der Waals surface area contributed by atoms with Crippen LogP contribution in [-0.2, 0) is 49.6 Å². The molecule has 29 heteroatoms. The fraction of sp³-hybridized carbons (Fsp3) is 0.659. The van der Waals surface area contributed by atoms with E-state index in [1.165, 1.54) is 37.3 Å². The molecule has 8 amide bonds. The van der Waals surface area contributed by atoms with E-state index in [4.69, 9.17) is 40.1 Å². The van der Waals surface area contributed by atoms with E-state index < -0.39 is 120 Å². The number of H-pyrrole nitrogens is 1. The van der Waals surface area contributed by atoms with E-state index in [1.807, 2.05) is 0 Å². The summed E-state index contributed by atoms with van der Waals surface area (Å²) >= 11 is 0. The lowest BCUT2D eigenvalue weighted by atomic mass is 10.0. The number of carbonyl (C=O) groups is 9. The van der Waals surface area contributed by atoms with Gasteiger partial charge >= 0.3 is 5.97 Å². The summed E-state index contributed by atoms with van der Waals surface area (Å²) < 4.78 is 0. The molecule has 0 radical (unpaired) electrons. The van der Waals surface area contributed by atoms with Crippen LogP contribution in [-0.4, -0.2) is 178 Å². The van der Waals surface area contributed by atoms with Gasteiger partial charge in [0.15, 0.2) is 5.96 Å². The van der Waals surface area contributed by atoms with Gasteiger partial charge in [-0.3, -0.25) is 43.3 Å². The van der Waals surface area contributed by atoms with Crippen molar-refractivity contribution >= 4 is 59.2 Å². The molecule has 0 unspecified atom stereocenters. The van der Waals surface area contributed by atoms with Crippen molar-refractivity contribution < 1.29 is 53.4 Å². The quantitative estimate of drug-likeness (QED) is 0.0132. The Kier molecular flexibility index (Phi) is 28.2. The molecule has 0 aliphatic carbocycles. The number of guanidine groups is 1. The molecule has 29 nitrogen and oxygen atoms in total. The Bertz CT molecular complexity index is 2030. The largest absolute Gasteiger partial charge is 0.477 e. The van der Waals surface area contributed by atoms with Crippen molar-refractivity contribution in [2.75, 3.05) is 39.3 Å². The second-order valence-electron chi connectivity index (χ2n) is 17.6. The molecular formula is C44H78N18O11. The van der Waals surface area contributed by atoms with Gasteiger partial charge in [0.05, 0.1) is 25.0 Å². The van der Waals surface area contributed by atoms with E-state index in [0.29, 0.717) is 44.3 Å². The number of nitrogens with one attached hydrogen (secondary N) is 8. The smallest absolute Gasteiger partial charge is 0.352 e. The third-order valence-corrected chi connectivity index (χ3v) is 11.6. The highest BCUT2D eigenvalue weighted by molar-refractivity contribution is 5.99. The van der Waals surface area contributed by atoms with E-state index in [9.17, 15) is 53.4 Å². The number of aromatic amines is 1. The molecule has 0 aromatic carbocycles. The minimum atomic E-state index is -1.59. The molecule has 0 bridgehead atoms. The van der Waals surface area contributed by atoms with Crippen LogP contribution in [0.15, 0.2) is 29.3 Å². The Hall–Kier alpha value is -6.79. The van der Waals surface area contributed by atoms with Crippen LogP contribution in [0.5, 0.6) is 0 Å². The number of nitrogens with zero attached hydrogens (tertiary/aromatic N) is 3. The van der Waals surface area contributed by atoms with Crippen molar-refractivity contribution in [1.29, 1.82) is 0 Å². The number of imidazole rings is 1. The van der Waals surface area contributed by atoms with E-state index in [2.05, 4.69) is 52.2 Å². The van der Waals surface area contributed by atoms with Gasteiger partial charge in [-0.2, -0.15) is 0 Å². The van der Waals surface area contributed by atoms with Crippen LogP contribution in [0.1, 0.15) is 90.2 Å². The van der Waals surface area contributed by atoms with Crippen LogP contribution in [0.25, 0.3) is 0 Å². The number of carboxylic acid groups (broad SMARTS) is 1. The van der Waals surface area contributed by atoms with Gasteiger partial charge in [-0.1, -0.05) is 12.5 Å². The number of aliphatic imine (C=N–C) groups is 1. The minimum absolute atomic E-state index is 0.0421. The average Bonchev–Trinajstić information content (AvgIpc) is 4.06. The first-order valence-corrected chi connectivity index (χ1v) is 24.3. The third kappa shape index (κ3) is 22.3. The first kappa shape index (κ1) is 62.3. The summed E-state index contributed by atoms with van der Waals surface area (Å²) in [5.74, 6) is -8.01. The molecular weight excluding hydrogens is 957 g/mol. The summed E-state index contributed by atoms with van der Waals surface area (Å²) in [4.78, 5) is 132. The molecule has 24 N–H and O–H groups in total. The molecule has 0 spiro atoms. The van der Waals surface area contributed by atoms with E-state index in [1.54, 1.807) is 0 Å². The second-order valence-corrected chi connectivity index (χ2v) is 17.6. The number of likely N-dealkylation sites (tertiary alicyclic amines) is 1. The summed E-state index contributed by atoms with van der Waals surface area (Å²) in [7, 11) is 0. The van der Waals surface area contributed by atoms with Crippen LogP contribution in [0.2, 0.25) is 0 Å². The number of hydrogen-bond acceptors (Lipinski definition) is 17. The molecule has 1 aromatic heterocycles. The number of amides is 8. The summed E-state index contributed by atoms with van der Waals surface area (Å²) in [6.45, 7) is 3.01. The van der Waals surface area contributed by atoms with Crippen molar-refractivity contribution in [3.8, 4) is 0 Å². The number of hydrogen-bond donors (Lipinski definition) is 17. The number of aliphatic hydroxyl groups excluding tert-OH is 1.